The number of alkyl halides is 3. The van der Waals surface area contributed by atoms with Crippen molar-refractivity contribution in [3.63, 3.8) is 0 Å². The van der Waals surface area contributed by atoms with Crippen LogP contribution in [-0.2, 0) is 6.18 Å². The predicted octanol–water partition coefficient (Wildman–Crippen LogP) is 4.29. The SMILES string of the molecule is CNC(=O)c1cc(Oc2cccc(C(=O)N(O)c3ccccc3C(F)(F)F)c2)ccn1. The van der Waals surface area contributed by atoms with E-state index in [1.165, 1.54) is 55.7 Å². The number of aromatic nitrogens is 1. The number of nitrogens with zero attached hydrogens (tertiary/aromatic N) is 2. The Kier molecular flexibility index (Phi) is 6.21. The average molecular weight is 431 g/mol. The maximum atomic E-state index is 13.2. The molecule has 0 bridgehead atoms. The molecule has 2 amide bonds. The molecule has 1 aromatic heterocycles. The van der Waals surface area contributed by atoms with Crippen molar-refractivity contribution in [3.8, 4) is 11.5 Å². The molecule has 0 saturated heterocycles. The van der Waals surface area contributed by atoms with E-state index in [0.717, 1.165) is 18.2 Å². The molecule has 160 valence electrons. The lowest BCUT2D eigenvalue weighted by Gasteiger charge is -2.20. The van der Waals surface area contributed by atoms with Crippen LogP contribution in [0.15, 0.2) is 66.9 Å². The number of hydrogen-bond donors (Lipinski definition) is 2. The van der Waals surface area contributed by atoms with Crippen molar-refractivity contribution in [1.82, 2.24) is 10.3 Å². The van der Waals surface area contributed by atoms with Gasteiger partial charge in [0.05, 0.1) is 11.3 Å². The fraction of sp³-hybridized carbons (Fsp3) is 0.0952. The van der Waals surface area contributed by atoms with E-state index in [-0.39, 0.29) is 27.8 Å². The van der Waals surface area contributed by atoms with Crippen molar-refractivity contribution < 1.29 is 32.7 Å². The molecule has 0 fully saturated rings. The van der Waals surface area contributed by atoms with Crippen molar-refractivity contribution in [2.24, 2.45) is 0 Å². The third-order valence-electron chi connectivity index (χ3n) is 4.14. The summed E-state index contributed by atoms with van der Waals surface area (Å²) in [5, 5.41) is 12.5. The number of amides is 2. The highest BCUT2D eigenvalue weighted by Crippen LogP contribution is 2.36. The summed E-state index contributed by atoms with van der Waals surface area (Å²) in [5.74, 6) is -1.09. The zero-order valence-electron chi connectivity index (χ0n) is 16.1. The normalized spacial score (nSPS) is 11.0. The number of rotatable bonds is 5. The molecule has 0 aliphatic heterocycles. The van der Waals surface area contributed by atoms with E-state index in [0.29, 0.717) is 0 Å². The maximum absolute atomic E-state index is 13.2. The molecule has 0 spiro atoms. The second kappa shape index (κ2) is 8.84. The zero-order chi connectivity index (χ0) is 22.6. The van der Waals surface area contributed by atoms with Crippen LogP contribution < -0.4 is 15.1 Å². The maximum Gasteiger partial charge on any atom is 0.418 e. The molecule has 0 aliphatic carbocycles. The van der Waals surface area contributed by atoms with Crippen LogP contribution in [0.3, 0.4) is 0 Å². The topological polar surface area (TPSA) is 91.8 Å². The van der Waals surface area contributed by atoms with Gasteiger partial charge in [-0.1, -0.05) is 18.2 Å². The quantitative estimate of drug-likeness (QED) is 0.465. The van der Waals surface area contributed by atoms with Gasteiger partial charge in [-0.2, -0.15) is 18.2 Å². The largest absolute Gasteiger partial charge is 0.457 e. The van der Waals surface area contributed by atoms with E-state index in [1.807, 2.05) is 0 Å². The number of hydrogen-bond acceptors (Lipinski definition) is 5. The Morgan fingerprint density at radius 2 is 1.74 bits per heavy atom. The van der Waals surface area contributed by atoms with E-state index in [1.54, 1.807) is 0 Å². The molecular formula is C21H16F3N3O4. The summed E-state index contributed by atoms with van der Waals surface area (Å²) in [6.45, 7) is 0. The fourth-order valence-corrected chi connectivity index (χ4v) is 2.69. The summed E-state index contributed by atoms with van der Waals surface area (Å²) in [7, 11) is 1.45. The number of carbonyl (C=O) groups excluding carboxylic acids is 2. The third kappa shape index (κ3) is 4.98. The number of ether oxygens (including phenoxy) is 1. The number of carbonyl (C=O) groups is 2. The monoisotopic (exact) mass is 431 g/mol. The highest BCUT2D eigenvalue weighted by Gasteiger charge is 2.35. The molecule has 0 aliphatic rings. The average Bonchev–Trinajstić information content (AvgIpc) is 2.77. The zero-order valence-corrected chi connectivity index (χ0v) is 16.1. The van der Waals surface area contributed by atoms with Crippen LogP contribution in [-0.4, -0.2) is 29.1 Å². The van der Waals surface area contributed by atoms with Crippen LogP contribution >= 0.6 is 0 Å². The Hall–Kier alpha value is -3.92. The highest BCUT2D eigenvalue weighted by molar-refractivity contribution is 6.05. The molecule has 0 atom stereocenters. The molecule has 2 aromatic carbocycles. The first-order chi connectivity index (χ1) is 14.7. The standard InChI is InChI=1S/C21H16F3N3O4/c1-25-19(28)17-12-15(9-10-26-17)31-14-6-4-5-13(11-14)20(29)27(30)18-8-3-2-7-16(18)21(22,23)24/h2-12,30H,1H3,(H,25,28). The van der Waals surface area contributed by atoms with Gasteiger partial charge in [0.2, 0.25) is 0 Å². The van der Waals surface area contributed by atoms with Gasteiger partial charge in [0.15, 0.2) is 0 Å². The Bertz CT molecular complexity index is 1120. The number of anilines is 1. The first-order valence-corrected chi connectivity index (χ1v) is 8.86. The number of para-hydroxylation sites is 1. The first-order valence-electron chi connectivity index (χ1n) is 8.86. The second-order valence-electron chi connectivity index (χ2n) is 6.22. The highest BCUT2D eigenvalue weighted by atomic mass is 19.4. The molecule has 1 heterocycles. The van der Waals surface area contributed by atoms with Crippen LogP contribution in [0.4, 0.5) is 18.9 Å². The summed E-state index contributed by atoms with van der Waals surface area (Å²) in [4.78, 5) is 28.2. The Morgan fingerprint density at radius 1 is 1.03 bits per heavy atom. The minimum absolute atomic E-state index is 0.0575. The van der Waals surface area contributed by atoms with Gasteiger partial charge >= 0.3 is 6.18 Å². The van der Waals surface area contributed by atoms with Crippen LogP contribution in [0, 0.1) is 0 Å². The van der Waals surface area contributed by atoms with E-state index < -0.39 is 29.2 Å². The second-order valence-corrected chi connectivity index (χ2v) is 6.22. The van der Waals surface area contributed by atoms with Gasteiger partial charge in [-0.25, -0.2) is 0 Å². The van der Waals surface area contributed by atoms with Gasteiger partial charge in [-0.3, -0.25) is 19.8 Å². The molecule has 0 radical (unpaired) electrons. The van der Waals surface area contributed by atoms with Crippen molar-refractivity contribution in [1.29, 1.82) is 0 Å². The number of halogens is 3. The Balaban J connectivity index is 1.85. The van der Waals surface area contributed by atoms with Gasteiger partial charge in [0.1, 0.15) is 17.2 Å². The number of nitrogens with one attached hydrogen (secondary N) is 1. The Labute approximate surface area is 174 Å². The van der Waals surface area contributed by atoms with Gasteiger partial charge in [-0.15, -0.1) is 0 Å². The minimum atomic E-state index is -4.76. The molecule has 0 saturated carbocycles. The van der Waals surface area contributed by atoms with Crippen LogP contribution in [0.2, 0.25) is 0 Å². The van der Waals surface area contributed by atoms with Crippen molar-refractivity contribution >= 4 is 17.5 Å². The summed E-state index contributed by atoms with van der Waals surface area (Å²) in [6, 6.07) is 12.5. The van der Waals surface area contributed by atoms with E-state index in [4.69, 9.17) is 4.74 Å². The third-order valence-corrected chi connectivity index (χ3v) is 4.14. The summed E-state index contributed by atoms with van der Waals surface area (Å²) in [5.41, 5.74) is -1.86. The van der Waals surface area contributed by atoms with Crippen LogP contribution in [0.5, 0.6) is 11.5 Å². The molecule has 10 heteroatoms. The minimum Gasteiger partial charge on any atom is -0.457 e. The van der Waals surface area contributed by atoms with Gasteiger partial charge in [0, 0.05) is 24.9 Å². The lowest BCUT2D eigenvalue weighted by molar-refractivity contribution is -0.137. The van der Waals surface area contributed by atoms with Crippen molar-refractivity contribution in [3.05, 3.63) is 83.7 Å². The van der Waals surface area contributed by atoms with Gasteiger partial charge in [-0.05, 0) is 36.4 Å². The molecule has 7 nitrogen and oxygen atoms in total. The van der Waals surface area contributed by atoms with E-state index in [9.17, 15) is 28.0 Å². The van der Waals surface area contributed by atoms with E-state index in [2.05, 4.69) is 10.3 Å². The van der Waals surface area contributed by atoms with Crippen LogP contribution in [0.25, 0.3) is 0 Å². The molecule has 0 unspecified atom stereocenters. The first kappa shape index (κ1) is 21.8. The van der Waals surface area contributed by atoms with Gasteiger partial charge < -0.3 is 10.1 Å². The van der Waals surface area contributed by atoms with Crippen LogP contribution in [0.1, 0.15) is 26.4 Å². The molecule has 31 heavy (non-hydrogen) atoms. The predicted molar refractivity (Wildman–Crippen MR) is 104 cm³/mol. The van der Waals surface area contributed by atoms with Crippen molar-refractivity contribution in [2.75, 3.05) is 12.1 Å². The number of hydroxylamine groups is 1. The molecule has 3 aromatic rings. The smallest absolute Gasteiger partial charge is 0.418 e. The molecule has 3 rings (SSSR count). The number of pyridine rings is 1. The van der Waals surface area contributed by atoms with E-state index >= 15 is 0 Å². The molecule has 2 N–H and O–H groups in total. The summed E-state index contributed by atoms with van der Waals surface area (Å²) >= 11 is 0. The molecular weight excluding hydrogens is 415 g/mol. The lowest BCUT2D eigenvalue weighted by Crippen LogP contribution is -2.29. The number of benzene rings is 2. The fourth-order valence-electron chi connectivity index (χ4n) is 2.69. The Morgan fingerprint density at radius 3 is 2.45 bits per heavy atom. The van der Waals surface area contributed by atoms with Gasteiger partial charge in [0.25, 0.3) is 11.8 Å². The summed E-state index contributed by atoms with van der Waals surface area (Å²) in [6.07, 6.45) is -3.40. The van der Waals surface area contributed by atoms with Crippen molar-refractivity contribution in [2.45, 2.75) is 6.18 Å². The lowest BCUT2D eigenvalue weighted by atomic mass is 10.1. The summed E-state index contributed by atoms with van der Waals surface area (Å²) < 4.78 is 45.2.